The molecule has 0 unspecified atom stereocenters. The summed E-state index contributed by atoms with van der Waals surface area (Å²) in [5.41, 5.74) is 7.20. The zero-order valence-electron chi connectivity index (χ0n) is 10.3. The van der Waals surface area contributed by atoms with Crippen molar-refractivity contribution in [3.63, 3.8) is 0 Å². The summed E-state index contributed by atoms with van der Waals surface area (Å²) in [6.07, 6.45) is 0. The predicted octanol–water partition coefficient (Wildman–Crippen LogP) is 3.86. The van der Waals surface area contributed by atoms with Gasteiger partial charge in [-0.15, -0.1) is 0 Å². The molecule has 3 N–H and O–H groups in total. The van der Waals surface area contributed by atoms with E-state index in [0.29, 0.717) is 16.8 Å². The Kier molecular flexibility index (Phi) is 4.77. The van der Waals surface area contributed by atoms with Crippen LogP contribution in [0, 0.1) is 5.82 Å². The molecule has 2 aromatic rings. The smallest absolute Gasteiger partial charge is 0.253 e. The van der Waals surface area contributed by atoms with Gasteiger partial charge in [0, 0.05) is 21.2 Å². The summed E-state index contributed by atoms with van der Waals surface area (Å²) in [5.74, 6) is -0.653. The van der Waals surface area contributed by atoms with Gasteiger partial charge in [0.2, 0.25) is 0 Å². The van der Waals surface area contributed by atoms with Gasteiger partial charge >= 0.3 is 0 Å². The van der Waals surface area contributed by atoms with Crippen molar-refractivity contribution >= 4 is 43.5 Å². The molecule has 0 saturated heterocycles. The van der Waals surface area contributed by atoms with Crippen LogP contribution in [0.5, 0.6) is 0 Å². The van der Waals surface area contributed by atoms with Crippen LogP contribution in [0.4, 0.5) is 10.1 Å². The van der Waals surface area contributed by atoms with Gasteiger partial charge < -0.3 is 11.1 Å². The van der Waals surface area contributed by atoms with Crippen molar-refractivity contribution in [3.05, 3.63) is 62.3 Å². The first-order valence-corrected chi connectivity index (χ1v) is 7.33. The third kappa shape index (κ3) is 3.58. The van der Waals surface area contributed by atoms with Gasteiger partial charge in [0.25, 0.3) is 5.91 Å². The molecule has 0 spiro atoms. The maximum Gasteiger partial charge on any atom is 0.253 e. The standard InChI is InChI=1S/C14H11Br2FN2O/c15-9-1-4-13(18)11(6-9)14(20)19-7-8-5-10(17)2-3-12(8)16/h1-6H,7,18H2,(H,19,20). The number of nitrogens with one attached hydrogen (secondary N) is 1. The van der Waals surface area contributed by atoms with Crippen LogP contribution in [0.25, 0.3) is 0 Å². The van der Waals surface area contributed by atoms with Crippen molar-refractivity contribution in [3.8, 4) is 0 Å². The van der Waals surface area contributed by atoms with Gasteiger partial charge in [-0.3, -0.25) is 4.79 Å². The largest absolute Gasteiger partial charge is 0.398 e. The van der Waals surface area contributed by atoms with Crippen LogP contribution < -0.4 is 11.1 Å². The van der Waals surface area contributed by atoms with Crippen molar-refractivity contribution in [2.75, 3.05) is 5.73 Å². The molecule has 104 valence electrons. The number of halogens is 3. The lowest BCUT2D eigenvalue weighted by Gasteiger charge is -2.09. The van der Waals surface area contributed by atoms with Gasteiger partial charge in [-0.05, 0) is 42.0 Å². The molecule has 2 rings (SSSR count). The SMILES string of the molecule is Nc1ccc(Br)cc1C(=O)NCc1cc(F)ccc1Br. The second-order valence-corrected chi connectivity index (χ2v) is 5.92. The summed E-state index contributed by atoms with van der Waals surface area (Å²) in [6.45, 7) is 0.211. The van der Waals surface area contributed by atoms with Crippen molar-refractivity contribution in [1.82, 2.24) is 5.32 Å². The minimum atomic E-state index is -0.348. The molecule has 0 bridgehead atoms. The highest BCUT2D eigenvalue weighted by Crippen LogP contribution is 2.20. The lowest BCUT2D eigenvalue weighted by atomic mass is 10.1. The molecule has 0 aliphatic heterocycles. The maximum absolute atomic E-state index is 13.2. The average Bonchev–Trinajstić information content (AvgIpc) is 2.42. The van der Waals surface area contributed by atoms with Crippen molar-refractivity contribution in [2.24, 2.45) is 0 Å². The summed E-state index contributed by atoms with van der Waals surface area (Å²) >= 11 is 6.60. The molecular weight excluding hydrogens is 391 g/mol. The van der Waals surface area contributed by atoms with E-state index in [9.17, 15) is 9.18 Å². The highest BCUT2D eigenvalue weighted by atomic mass is 79.9. The number of amides is 1. The van der Waals surface area contributed by atoms with Crippen LogP contribution in [-0.4, -0.2) is 5.91 Å². The Balaban J connectivity index is 2.12. The minimum absolute atomic E-state index is 0.211. The zero-order valence-corrected chi connectivity index (χ0v) is 13.5. The average molecular weight is 402 g/mol. The number of rotatable bonds is 3. The molecule has 0 radical (unpaired) electrons. The Morgan fingerprint density at radius 2 is 1.95 bits per heavy atom. The van der Waals surface area contributed by atoms with E-state index in [1.54, 1.807) is 24.3 Å². The summed E-state index contributed by atoms with van der Waals surface area (Å²) in [4.78, 5) is 12.1. The third-order valence-corrected chi connectivity index (χ3v) is 3.97. The first kappa shape index (κ1) is 15.0. The van der Waals surface area contributed by atoms with Crippen molar-refractivity contribution < 1.29 is 9.18 Å². The van der Waals surface area contributed by atoms with Crippen LogP contribution >= 0.6 is 31.9 Å². The number of benzene rings is 2. The second-order valence-electron chi connectivity index (χ2n) is 4.15. The first-order valence-electron chi connectivity index (χ1n) is 5.74. The molecular formula is C14H11Br2FN2O. The molecule has 3 nitrogen and oxygen atoms in total. The van der Waals surface area contributed by atoms with Gasteiger partial charge in [-0.25, -0.2) is 4.39 Å². The highest BCUT2D eigenvalue weighted by molar-refractivity contribution is 9.10. The first-order chi connectivity index (χ1) is 9.47. The number of carbonyl (C=O) groups is 1. The lowest BCUT2D eigenvalue weighted by Crippen LogP contribution is -2.24. The minimum Gasteiger partial charge on any atom is -0.398 e. The Hall–Kier alpha value is -1.40. The maximum atomic E-state index is 13.2. The summed E-state index contributed by atoms with van der Waals surface area (Å²) in [5, 5.41) is 2.71. The quantitative estimate of drug-likeness (QED) is 0.767. The van der Waals surface area contributed by atoms with E-state index in [1.165, 1.54) is 12.1 Å². The van der Waals surface area contributed by atoms with Crippen LogP contribution in [0.15, 0.2) is 45.3 Å². The molecule has 0 aromatic heterocycles. The van der Waals surface area contributed by atoms with E-state index >= 15 is 0 Å². The molecule has 0 aliphatic rings. The monoisotopic (exact) mass is 400 g/mol. The number of carbonyl (C=O) groups excluding carboxylic acids is 1. The molecule has 0 heterocycles. The molecule has 2 aromatic carbocycles. The fourth-order valence-electron chi connectivity index (χ4n) is 1.67. The van der Waals surface area contributed by atoms with Gasteiger partial charge in [0.1, 0.15) is 5.82 Å². The van der Waals surface area contributed by atoms with E-state index in [0.717, 1.165) is 8.95 Å². The molecule has 20 heavy (non-hydrogen) atoms. The van der Waals surface area contributed by atoms with Crippen LogP contribution in [0.3, 0.4) is 0 Å². The molecule has 6 heteroatoms. The summed E-state index contributed by atoms with van der Waals surface area (Å²) in [6, 6.07) is 9.37. The Labute approximate surface area is 132 Å². The zero-order chi connectivity index (χ0) is 14.7. The predicted molar refractivity (Wildman–Crippen MR) is 83.8 cm³/mol. The van der Waals surface area contributed by atoms with Gasteiger partial charge in [-0.2, -0.15) is 0 Å². The van der Waals surface area contributed by atoms with Crippen LogP contribution in [0.1, 0.15) is 15.9 Å². The van der Waals surface area contributed by atoms with E-state index < -0.39 is 0 Å². The molecule has 0 saturated carbocycles. The Morgan fingerprint density at radius 3 is 2.70 bits per heavy atom. The second kappa shape index (κ2) is 6.37. The van der Waals surface area contributed by atoms with E-state index in [2.05, 4.69) is 37.2 Å². The fraction of sp³-hybridized carbons (Fsp3) is 0.0714. The fourth-order valence-corrected chi connectivity index (χ4v) is 2.42. The van der Waals surface area contributed by atoms with Crippen molar-refractivity contribution in [1.29, 1.82) is 0 Å². The summed E-state index contributed by atoms with van der Waals surface area (Å²) in [7, 11) is 0. The number of nitrogen functional groups attached to an aromatic ring is 1. The number of nitrogens with two attached hydrogens (primary N) is 1. The van der Waals surface area contributed by atoms with Crippen LogP contribution in [-0.2, 0) is 6.54 Å². The third-order valence-electron chi connectivity index (χ3n) is 2.71. The molecule has 1 amide bonds. The number of hydrogen-bond donors (Lipinski definition) is 2. The van der Waals surface area contributed by atoms with E-state index in [-0.39, 0.29) is 18.3 Å². The lowest BCUT2D eigenvalue weighted by molar-refractivity contribution is 0.0951. The Bertz CT molecular complexity index is 662. The Morgan fingerprint density at radius 1 is 1.20 bits per heavy atom. The molecule has 0 aliphatic carbocycles. The van der Waals surface area contributed by atoms with Gasteiger partial charge in [-0.1, -0.05) is 31.9 Å². The van der Waals surface area contributed by atoms with E-state index in [4.69, 9.17) is 5.73 Å². The molecule has 0 fully saturated rings. The van der Waals surface area contributed by atoms with Gasteiger partial charge in [0.05, 0.1) is 5.56 Å². The number of anilines is 1. The van der Waals surface area contributed by atoms with Gasteiger partial charge in [0.15, 0.2) is 0 Å². The number of hydrogen-bond acceptors (Lipinski definition) is 2. The summed E-state index contributed by atoms with van der Waals surface area (Å²) < 4.78 is 14.7. The topological polar surface area (TPSA) is 55.1 Å². The highest BCUT2D eigenvalue weighted by Gasteiger charge is 2.11. The van der Waals surface area contributed by atoms with E-state index in [1.807, 2.05) is 0 Å². The normalized spacial score (nSPS) is 10.3. The van der Waals surface area contributed by atoms with Crippen LogP contribution in [0.2, 0.25) is 0 Å². The molecule has 0 atom stereocenters. The van der Waals surface area contributed by atoms with Crippen molar-refractivity contribution in [2.45, 2.75) is 6.54 Å².